The number of hydrogen-bond acceptors (Lipinski definition) is 2. The first-order valence-corrected chi connectivity index (χ1v) is 6.30. The molecule has 0 heterocycles. The third kappa shape index (κ3) is 3.57. The summed E-state index contributed by atoms with van der Waals surface area (Å²) in [7, 11) is 1.97. The van der Waals surface area contributed by atoms with Crippen molar-refractivity contribution in [1.82, 2.24) is 4.90 Å². The molecule has 0 spiro atoms. The van der Waals surface area contributed by atoms with Crippen LogP contribution in [-0.2, 0) is 11.3 Å². The summed E-state index contributed by atoms with van der Waals surface area (Å²) in [4.78, 5) is 12.8. The predicted molar refractivity (Wildman–Crippen MR) is 73.8 cm³/mol. The number of benzene rings is 1. The molecule has 3 heteroatoms. The second kappa shape index (κ2) is 6.01. The molecule has 0 aliphatic rings. The Morgan fingerprint density at radius 1 is 1.28 bits per heavy atom. The summed E-state index contributed by atoms with van der Waals surface area (Å²) in [5, 5.41) is 8.81. The molecule has 0 saturated carbocycles. The van der Waals surface area contributed by atoms with Gasteiger partial charge in [0.2, 0.25) is 0 Å². The second-order valence-electron chi connectivity index (χ2n) is 5.15. The lowest BCUT2D eigenvalue weighted by atomic mass is 9.98. The van der Waals surface area contributed by atoms with Crippen molar-refractivity contribution in [2.45, 2.75) is 46.7 Å². The van der Waals surface area contributed by atoms with Gasteiger partial charge in [-0.3, -0.25) is 9.69 Å². The van der Waals surface area contributed by atoms with Gasteiger partial charge in [0, 0.05) is 12.6 Å². The lowest BCUT2D eigenvalue weighted by Gasteiger charge is -2.24. The van der Waals surface area contributed by atoms with E-state index in [0.717, 1.165) is 6.54 Å². The van der Waals surface area contributed by atoms with Gasteiger partial charge in [-0.2, -0.15) is 0 Å². The standard InChI is InChI=1S/C15H23NO2/c1-10-6-7-14(13(4)12(10)3)9-16(5)11(2)8-15(17)18/h6-7,11H,8-9H2,1-5H3,(H,17,18). The van der Waals surface area contributed by atoms with E-state index in [4.69, 9.17) is 5.11 Å². The maximum Gasteiger partial charge on any atom is 0.304 e. The Labute approximate surface area is 109 Å². The Hall–Kier alpha value is -1.35. The smallest absolute Gasteiger partial charge is 0.304 e. The highest BCUT2D eigenvalue weighted by Crippen LogP contribution is 2.19. The number of hydrogen-bond donors (Lipinski definition) is 1. The average molecular weight is 249 g/mol. The van der Waals surface area contributed by atoms with Gasteiger partial charge >= 0.3 is 5.97 Å². The van der Waals surface area contributed by atoms with Gasteiger partial charge < -0.3 is 5.11 Å². The van der Waals surface area contributed by atoms with Crippen LogP contribution in [0, 0.1) is 20.8 Å². The highest BCUT2D eigenvalue weighted by atomic mass is 16.4. The first-order valence-electron chi connectivity index (χ1n) is 6.30. The van der Waals surface area contributed by atoms with Crippen molar-refractivity contribution < 1.29 is 9.90 Å². The van der Waals surface area contributed by atoms with Crippen molar-refractivity contribution in [3.63, 3.8) is 0 Å². The molecule has 0 saturated heterocycles. The number of nitrogens with zero attached hydrogens (tertiary/aromatic N) is 1. The Bertz CT molecular complexity index is 440. The third-order valence-electron chi connectivity index (χ3n) is 3.81. The van der Waals surface area contributed by atoms with E-state index in [1.165, 1.54) is 22.3 Å². The van der Waals surface area contributed by atoms with Crippen molar-refractivity contribution >= 4 is 5.97 Å². The molecule has 0 fully saturated rings. The van der Waals surface area contributed by atoms with Crippen LogP contribution in [0.1, 0.15) is 35.6 Å². The van der Waals surface area contributed by atoms with Crippen molar-refractivity contribution in [2.24, 2.45) is 0 Å². The van der Waals surface area contributed by atoms with Crippen LogP contribution in [0.2, 0.25) is 0 Å². The monoisotopic (exact) mass is 249 g/mol. The predicted octanol–water partition coefficient (Wildman–Crippen LogP) is 2.91. The van der Waals surface area contributed by atoms with Crippen molar-refractivity contribution in [3.05, 3.63) is 34.4 Å². The Morgan fingerprint density at radius 3 is 2.44 bits per heavy atom. The molecular weight excluding hydrogens is 226 g/mol. The number of aliphatic carboxylic acids is 1. The maximum absolute atomic E-state index is 10.7. The molecule has 1 aromatic carbocycles. The van der Waals surface area contributed by atoms with Gasteiger partial charge in [0.25, 0.3) is 0 Å². The SMILES string of the molecule is Cc1ccc(CN(C)C(C)CC(=O)O)c(C)c1C. The van der Waals surface area contributed by atoms with Crippen LogP contribution in [0.15, 0.2) is 12.1 Å². The summed E-state index contributed by atoms with van der Waals surface area (Å²) in [5.74, 6) is -0.744. The number of aryl methyl sites for hydroxylation is 1. The van der Waals surface area contributed by atoms with Crippen LogP contribution in [0.3, 0.4) is 0 Å². The minimum Gasteiger partial charge on any atom is -0.481 e. The lowest BCUT2D eigenvalue weighted by Crippen LogP contribution is -2.30. The molecular formula is C15H23NO2. The third-order valence-corrected chi connectivity index (χ3v) is 3.81. The normalized spacial score (nSPS) is 12.8. The minimum atomic E-state index is -0.744. The first kappa shape index (κ1) is 14.7. The number of carbonyl (C=O) groups is 1. The van der Waals surface area contributed by atoms with Gasteiger partial charge in [-0.25, -0.2) is 0 Å². The minimum absolute atomic E-state index is 0.0449. The molecule has 0 amide bonds. The summed E-state index contributed by atoms with van der Waals surface area (Å²) in [6.07, 6.45) is 0.181. The van der Waals surface area contributed by atoms with Crippen molar-refractivity contribution in [2.75, 3.05) is 7.05 Å². The molecule has 0 aliphatic carbocycles. The number of rotatable bonds is 5. The summed E-state index contributed by atoms with van der Waals surface area (Å²) < 4.78 is 0. The number of carboxylic acid groups (broad SMARTS) is 1. The van der Waals surface area contributed by atoms with E-state index >= 15 is 0 Å². The van der Waals surface area contributed by atoms with Gasteiger partial charge in [0.05, 0.1) is 6.42 Å². The van der Waals surface area contributed by atoms with Crippen LogP contribution in [0.4, 0.5) is 0 Å². The summed E-state index contributed by atoms with van der Waals surface area (Å²) in [6.45, 7) is 9.12. The van der Waals surface area contributed by atoms with Crippen LogP contribution >= 0.6 is 0 Å². The van der Waals surface area contributed by atoms with E-state index in [1.807, 2.05) is 14.0 Å². The van der Waals surface area contributed by atoms with Crippen molar-refractivity contribution in [3.8, 4) is 0 Å². The van der Waals surface area contributed by atoms with E-state index in [9.17, 15) is 4.79 Å². The summed E-state index contributed by atoms with van der Waals surface area (Å²) in [6, 6.07) is 4.32. The molecule has 100 valence electrons. The largest absolute Gasteiger partial charge is 0.481 e. The van der Waals surface area contributed by atoms with Gasteiger partial charge in [0.15, 0.2) is 0 Å². The zero-order chi connectivity index (χ0) is 13.9. The molecule has 0 aliphatic heterocycles. The zero-order valence-corrected chi connectivity index (χ0v) is 11.9. The highest BCUT2D eigenvalue weighted by molar-refractivity contribution is 5.67. The maximum atomic E-state index is 10.7. The van der Waals surface area contributed by atoms with Crippen LogP contribution in [0.5, 0.6) is 0 Å². The molecule has 1 atom stereocenters. The molecule has 1 aromatic rings. The van der Waals surface area contributed by atoms with Crippen LogP contribution < -0.4 is 0 Å². The molecule has 0 bridgehead atoms. The molecule has 0 aromatic heterocycles. The Morgan fingerprint density at radius 2 is 1.89 bits per heavy atom. The molecule has 1 unspecified atom stereocenters. The average Bonchev–Trinajstić information content (AvgIpc) is 2.29. The summed E-state index contributed by atoms with van der Waals surface area (Å²) in [5.41, 5.74) is 5.21. The quantitative estimate of drug-likeness (QED) is 0.872. The van der Waals surface area contributed by atoms with Gasteiger partial charge in [-0.1, -0.05) is 12.1 Å². The fraction of sp³-hybridized carbons (Fsp3) is 0.533. The topological polar surface area (TPSA) is 40.5 Å². The number of carboxylic acids is 1. The van der Waals surface area contributed by atoms with E-state index in [0.29, 0.717) is 0 Å². The van der Waals surface area contributed by atoms with E-state index in [-0.39, 0.29) is 12.5 Å². The van der Waals surface area contributed by atoms with E-state index < -0.39 is 5.97 Å². The van der Waals surface area contributed by atoms with Gasteiger partial charge in [-0.15, -0.1) is 0 Å². The molecule has 0 radical (unpaired) electrons. The Kier molecular flexibility index (Phi) is 4.91. The second-order valence-corrected chi connectivity index (χ2v) is 5.15. The molecule has 18 heavy (non-hydrogen) atoms. The van der Waals surface area contributed by atoms with E-state index in [1.54, 1.807) is 0 Å². The first-order chi connectivity index (χ1) is 8.32. The van der Waals surface area contributed by atoms with Gasteiger partial charge in [-0.05, 0) is 57.0 Å². The molecule has 1 N–H and O–H groups in total. The zero-order valence-electron chi connectivity index (χ0n) is 11.9. The molecule has 1 rings (SSSR count). The fourth-order valence-corrected chi connectivity index (χ4v) is 2.02. The fourth-order valence-electron chi connectivity index (χ4n) is 2.02. The lowest BCUT2D eigenvalue weighted by molar-refractivity contribution is -0.138. The van der Waals surface area contributed by atoms with Crippen molar-refractivity contribution in [1.29, 1.82) is 0 Å². The Balaban J connectivity index is 2.79. The highest BCUT2D eigenvalue weighted by Gasteiger charge is 2.14. The summed E-state index contributed by atoms with van der Waals surface area (Å²) >= 11 is 0. The van der Waals surface area contributed by atoms with Crippen LogP contribution in [0.25, 0.3) is 0 Å². The van der Waals surface area contributed by atoms with E-state index in [2.05, 4.69) is 37.8 Å². The molecule has 3 nitrogen and oxygen atoms in total. The van der Waals surface area contributed by atoms with Crippen LogP contribution in [-0.4, -0.2) is 29.1 Å². The van der Waals surface area contributed by atoms with Gasteiger partial charge in [0.1, 0.15) is 0 Å².